The summed E-state index contributed by atoms with van der Waals surface area (Å²) in [6.45, 7) is 7.95. The SMILES string of the molecule is CC(C)N(CC1CCNCC1)c1nccn1C. The number of aryl methyl sites for hydroxylation is 1. The summed E-state index contributed by atoms with van der Waals surface area (Å²) in [4.78, 5) is 6.90. The molecular formula is C13H24N4. The highest BCUT2D eigenvalue weighted by Gasteiger charge is 2.21. The van der Waals surface area contributed by atoms with Gasteiger partial charge < -0.3 is 14.8 Å². The predicted octanol–water partition coefficient (Wildman–Crippen LogP) is 1.63. The fraction of sp³-hybridized carbons (Fsp3) is 0.769. The van der Waals surface area contributed by atoms with Gasteiger partial charge in [-0.1, -0.05) is 0 Å². The Morgan fingerprint density at radius 2 is 2.18 bits per heavy atom. The van der Waals surface area contributed by atoms with Gasteiger partial charge in [-0.25, -0.2) is 4.98 Å². The Hall–Kier alpha value is -1.03. The first kappa shape index (κ1) is 12.4. The second-order valence-corrected chi connectivity index (χ2v) is 5.28. The molecule has 1 N–H and O–H groups in total. The minimum atomic E-state index is 0.506. The highest BCUT2D eigenvalue weighted by Crippen LogP contribution is 2.20. The molecule has 0 unspecified atom stereocenters. The molecule has 1 aromatic rings. The van der Waals surface area contributed by atoms with Crippen molar-refractivity contribution < 1.29 is 0 Å². The Morgan fingerprint density at radius 1 is 1.47 bits per heavy atom. The summed E-state index contributed by atoms with van der Waals surface area (Å²) in [5.74, 6) is 1.90. The molecule has 0 saturated carbocycles. The first-order valence-electron chi connectivity index (χ1n) is 6.63. The van der Waals surface area contributed by atoms with Crippen molar-refractivity contribution in [3.05, 3.63) is 12.4 Å². The van der Waals surface area contributed by atoms with Crippen LogP contribution in [-0.2, 0) is 7.05 Å². The molecule has 0 radical (unpaired) electrons. The van der Waals surface area contributed by atoms with E-state index in [1.165, 1.54) is 12.8 Å². The first-order chi connectivity index (χ1) is 8.18. The van der Waals surface area contributed by atoms with E-state index in [1.807, 2.05) is 12.4 Å². The van der Waals surface area contributed by atoms with E-state index >= 15 is 0 Å². The monoisotopic (exact) mass is 236 g/mol. The summed E-state index contributed by atoms with van der Waals surface area (Å²) >= 11 is 0. The Labute approximate surface area is 104 Å². The van der Waals surface area contributed by atoms with Crippen LogP contribution in [-0.4, -0.2) is 35.2 Å². The maximum Gasteiger partial charge on any atom is 0.205 e. The second-order valence-electron chi connectivity index (χ2n) is 5.28. The standard InChI is InChI=1S/C13H24N4/c1-11(2)17(13-15-8-9-16(13)3)10-12-4-6-14-7-5-12/h8-9,11-12,14H,4-7,10H2,1-3H3. The van der Waals surface area contributed by atoms with Crippen LogP contribution in [0.3, 0.4) is 0 Å². The number of nitrogens with one attached hydrogen (secondary N) is 1. The van der Waals surface area contributed by atoms with E-state index < -0.39 is 0 Å². The number of hydrogen-bond donors (Lipinski definition) is 1. The molecule has 0 amide bonds. The van der Waals surface area contributed by atoms with Crippen LogP contribution in [0.15, 0.2) is 12.4 Å². The van der Waals surface area contributed by atoms with Gasteiger partial charge in [-0.15, -0.1) is 0 Å². The number of piperidine rings is 1. The molecule has 1 aliphatic heterocycles. The van der Waals surface area contributed by atoms with E-state index in [1.54, 1.807) is 0 Å². The molecule has 0 atom stereocenters. The Bertz CT molecular complexity index is 339. The topological polar surface area (TPSA) is 33.1 Å². The van der Waals surface area contributed by atoms with Gasteiger partial charge in [-0.05, 0) is 45.7 Å². The Kier molecular flexibility index (Phi) is 4.05. The van der Waals surface area contributed by atoms with Crippen LogP contribution in [0.4, 0.5) is 5.95 Å². The molecule has 1 fully saturated rings. The lowest BCUT2D eigenvalue weighted by Crippen LogP contribution is -2.40. The van der Waals surface area contributed by atoms with Gasteiger partial charge in [-0.3, -0.25) is 0 Å². The lowest BCUT2D eigenvalue weighted by Gasteiger charge is -2.33. The number of anilines is 1. The number of nitrogens with zero attached hydrogens (tertiary/aromatic N) is 3. The zero-order valence-corrected chi connectivity index (χ0v) is 11.2. The molecule has 4 heteroatoms. The van der Waals surface area contributed by atoms with Crippen molar-refractivity contribution in [3.8, 4) is 0 Å². The van der Waals surface area contributed by atoms with Gasteiger partial charge in [0.1, 0.15) is 0 Å². The minimum Gasteiger partial charge on any atom is -0.340 e. The Morgan fingerprint density at radius 3 is 2.71 bits per heavy atom. The highest BCUT2D eigenvalue weighted by atomic mass is 15.3. The molecule has 0 bridgehead atoms. The molecule has 1 aromatic heterocycles. The van der Waals surface area contributed by atoms with Crippen LogP contribution in [0.5, 0.6) is 0 Å². The van der Waals surface area contributed by atoms with Crippen LogP contribution in [0.2, 0.25) is 0 Å². The third-order valence-electron chi connectivity index (χ3n) is 3.59. The van der Waals surface area contributed by atoms with Crippen LogP contribution >= 0.6 is 0 Å². The minimum absolute atomic E-state index is 0.506. The molecule has 4 nitrogen and oxygen atoms in total. The maximum atomic E-state index is 4.48. The summed E-state index contributed by atoms with van der Waals surface area (Å²) in [6, 6.07) is 0.506. The fourth-order valence-corrected chi connectivity index (χ4v) is 2.50. The summed E-state index contributed by atoms with van der Waals surface area (Å²) < 4.78 is 2.11. The number of hydrogen-bond acceptors (Lipinski definition) is 3. The summed E-state index contributed by atoms with van der Waals surface area (Å²) in [6.07, 6.45) is 6.47. The van der Waals surface area contributed by atoms with Gasteiger partial charge in [0, 0.05) is 32.0 Å². The molecule has 1 saturated heterocycles. The van der Waals surface area contributed by atoms with Gasteiger partial charge in [-0.2, -0.15) is 0 Å². The zero-order valence-electron chi connectivity index (χ0n) is 11.2. The summed E-state index contributed by atoms with van der Waals surface area (Å²) in [7, 11) is 2.07. The van der Waals surface area contributed by atoms with Crippen molar-refractivity contribution in [1.29, 1.82) is 0 Å². The van der Waals surface area contributed by atoms with Gasteiger partial charge in [0.25, 0.3) is 0 Å². The molecule has 0 aromatic carbocycles. The third-order valence-corrected chi connectivity index (χ3v) is 3.59. The van der Waals surface area contributed by atoms with Gasteiger partial charge in [0.2, 0.25) is 5.95 Å². The number of imidazole rings is 1. The molecule has 96 valence electrons. The molecule has 0 aliphatic carbocycles. The molecule has 0 spiro atoms. The van der Waals surface area contributed by atoms with Crippen LogP contribution in [0, 0.1) is 5.92 Å². The first-order valence-corrected chi connectivity index (χ1v) is 6.63. The largest absolute Gasteiger partial charge is 0.340 e. The quantitative estimate of drug-likeness (QED) is 0.862. The fourth-order valence-electron chi connectivity index (χ4n) is 2.50. The summed E-state index contributed by atoms with van der Waals surface area (Å²) in [5, 5.41) is 3.42. The maximum absolute atomic E-state index is 4.48. The third kappa shape index (κ3) is 3.00. The van der Waals surface area contributed by atoms with E-state index in [0.717, 1.165) is 31.5 Å². The molecule has 2 rings (SSSR count). The molecule has 1 aliphatic rings. The molecule has 2 heterocycles. The van der Waals surface area contributed by atoms with Crippen molar-refractivity contribution in [2.24, 2.45) is 13.0 Å². The number of rotatable bonds is 4. The van der Waals surface area contributed by atoms with Crippen molar-refractivity contribution in [2.45, 2.75) is 32.7 Å². The average molecular weight is 236 g/mol. The van der Waals surface area contributed by atoms with E-state index in [4.69, 9.17) is 0 Å². The van der Waals surface area contributed by atoms with Crippen molar-refractivity contribution in [2.75, 3.05) is 24.5 Å². The summed E-state index contributed by atoms with van der Waals surface area (Å²) in [5.41, 5.74) is 0. The van der Waals surface area contributed by atoms with Crippen molar-refractivity contribution >= 4 is 5.95 Å². The molecular weight excluding hydrogens is 212 g/mol. The smallest absolute Gasteiger partial charge is 0.205 e. The van der Waals surface area contributed by atoms with E-state index in [-0.39, 0.29) is 0 Å². The van der Waals surface area contributed by atoms with E-state index in [9.17, 15) is 0 Å². The normalized spacial score (nSPS) is 17.6. The van der Waals surface area contributed by atoms with Crippen LogP contribution in [0.25, 0.3) is 0 Å². The van der Waals surface area contributed by atoms with E-state index in [2.05, 4.69) is 40.7 Å². The highest BCUT2D eigenvalue weighted by molar-refractivity contribution is 5.32. The lowest BCUT2D eigenvalue weighted by molar-refractivity contribution is 0.365. The van der Waals surface area contributed by atoms with Gasteiger partial charge >= 0.3 is 0 Å². The van der Waals surface area contributed by atoms with Crippen LogP contribution in [0.1, 0.15) is 26.7 Å². The average Bonchev–Trinajstić information content (AvgIpc) is 2.73. The van der Waals surface area contributed by atoms with Gasteiger partial charge in [0.15, 0.2) is 0 Å². The zero-order chi connectivity index (χ0) is 12.3. The predicted molar refractivity (Wildman–Crippen MR) is 71.3 cm³/mol. The van der Waals surface area contributed by atoms with Crippen molar-refractivity contribution in [3.63, 3.8) is 0 Å². The van der Waals surface area contributed by atoms with Gasteiger partial charge in [0.05, 0.1) is 0 Å². The van der Waals surface area contributed by atoms with E-state index in [0.29, 0.717) is 6.04 Å². The lowest BCUT2D eigenvalue weighted by atomic mass is 9.97. The Balaban J connectivity index is 2.05. The van der Waals surface area contributed by atoms with Crippen molar-refractivity contribution in [1.82, 2.24) is 14.9 Å². The second kappa shape index (κ2) is 5.54. The number of aromatic nitrogens is 2. The van der Waals surface area contributed by atoms with Crippen LogP contribution < -0.4 is 10.2 Å². The molecule has 17 heavy (non-hydrogen) atoms.